The Bertz CT molecular complexity index is 1120. The molecular formula is C18H16ClN3O4. The van der Waals surface area contributed by atoms with Crippen LogP contribution in [-0.2, 0) is 9.53 Å². The van der Waals surface area contributed by atoms with Crippen molar-refractivity contribution in [3.8, 4) is 17.2 Å². The van der Waals surface area contributed by atoms with E-state index in [0.29, 0.717) is 22.0 Å². The van der Waals surface area contributed by atoms with Crippen LogP contribution in [0.3, 0.4) is 0 Å². The van der Waals surface area contributed by atoms with Crippen LogP contribution < -0.4 is 4.74 Å². The number of esters is 1. The summed E-state index contributed by atoms with van der Waals surface area (Å²) in [7, 11) is 0. The summed E-state index contributed by atoms with van der Waals surface area (Å²) < 4.78 is 14.3. The lowest BCUT2D eigenvalue weighted by Crippen LogP contribution is -2.12. The molecule has 0 saturated heterocycles. The van der Waals surface area contributed by atoms with Gasteiger partial charge in [-0.25, -0.2) is 4.79 Å². The molecule has 0 aliphatic carbocycles. The first-order valence-electron chi connectivity index (χ1n) is 7.95. The largest absolute Gasteiger partial charge is 0.505 e. The first kappa shape index (κ1) is 16.4. The van der Waals surface area contributed by atoms with Gasteiger partial charge in [0, 0.05) is 16.7 Å². The molecule has 0 atom stereocenters. The van der Waals surface area contributed by atoms with Crippen molar-refractivity contribution in [3.05, 3.63) is 53.6 Å². The number of hydrogen-bond acceptors (Lipinski definition) is 4. The standard InChI is InChI=1S/C18H16ClN3O4/c1-11(2)18(24)26-8-7-25-13-4-6-15(17(23)10-13)21-20-14-5-3-12(19)9-16(14)22(20)21/h3-6,9-10,23H,1,7-8H2,2H3. The van der Waals surface area contributed by atoms with Crippen LogP contribution in [0.4, 0.5) is 0 Å². The van der Waals surface area contributed by atoms with Gasteiger partial charge in [-0.2, -0.15) is 0 Å². The summed E-state index contributed by atoms with van der Waals surface area (Å²) in [6.45, 7) is 5.38. The SMILES string of the molecule is C=C(C)C(=O)OCCOc1ccc(-n2n3c4ccc(Cl)cc4n23)c(O)c1. The molecule has 0 amide bonds. The zero-order valence-electron chi connectivity index (χ0n) is 14.0. The average molecular weight is 374 g/mol. The highest BCUT2D eigenvalue weighted by atomic mass is 35.5. The second-order valence-corrected chi connectivity index (χ2v) is 6.35. The van der Waals surface area contributed by atoms with Gasteiger partial charge in [0.25, 0.3) is 0 Å². The van der Waals surface area contributed by atoms with Gasteiger partial charge in [0.2, 0.25) is 0 Å². The lowest BCUT2D eigenvalue weighted by Gasteiger charge is -2.08. The van der Waals surface area contributed by atoms with Crippen molar-refractivity contribution in [1.82, 2.24) is 14.1 Å². The predicted octanol–water partition coefficient (Wildman–Crippen LogP) is 3.28. The number of rotatable bonds is 6. The van der Waals surface area contributed by atoms with Crippen molar-refractivity contribution in [2.24, 2.45) is 0 Å². The number of aromatic hydroxyl groups is 1. The molecule has 0 aliphatic heterocycles. The molecule has 0 aliphatic rings. The highest BCUT2D eigenvalue weighted by molar-refractivity contribution is 6.31. The summed E-state index contributed by atoms with van der Waals surface area (Å²) in [6, 6.07) is 10.6. The van der Waals surface area contributed by atoms with Gasteiger partial charge in [0.15, 0.2) is 0 Å². The van der Waals surface area contributed by atoms with Crippen molar-refractivity contribution in [3.63, 3.8) is 0 Å². The molecule has 134 valence electrons. The van der Waals surface area contributed by atoms with Crippen LogP contribution in [0.15, 0.2) is 48.6 Å². The summed E-state index contributed by atoms with van der Waals surface area (Å²) in [5.74, 6) is 0.108. The van der Waals surface area contributed by atoms with Crippen LogP contribution in [0.2, 0.25) is 5.02 Å². The number of aromatic nitrogens is 3. The quantitative estimate of drug-likeness (QED) is 0.320. The van der Waals surface area contributed by atoms with Crippen molar-refractivity contribution in [1.29, 1.82) is 0 Å². The maximum absolute atomic E-state index is 11.3. The van der Waals surface area contributed by atoms with Gasteiger partial charge in [-0.05, 0) is 37.3 Å². The van der Waals surface area contributed by atoms with Gasteiger partial charge in [-0.1, -0.05) is 18.2 Å². The van der Waals surface area contributed by atoms with E-state index in [-0.39, 0.29) is 19.0 Å². The Morgan fingerprint density at radius 1 is 1.15 bits per heavy atom. The minimum absolute atomic E-state index is 0.0767. The number of ether oxygens (including phenoxy) is 2. The van der Waals surface area contributed by atoms with E-state index in [1.807, 2.05) is 32.3 Å². The van der Waals surface area contributed by atoms with E-state index in [0.717, 1.165) is 11.0 Å². The van der Waals surface area contributed by atoms with Crippen molar-refractivity contribution in [2.45, 2.75) is 6.92 Å². The van der Waals surface area contributed by atoms with E-state index >= 15 is 0 Å². The molecule has 7 nitrogen and oxygen atoms in total. The molecule has 0 fully saturated rings. The zero-order chi connectivity index (χ0) is 18.4. The first-order valence-corrected chi connectivity index (χ1v) is 8.33. The zero-order valence-corrected chi connectivity index (χ0v) is 14.7. The molecule has 2 aromatic heterocycles. The molecule has 0 spiro atoms. The number of fused-ring (bicyclic) bond motifs is 4. The average Bonchev–Trinajstić information content (AvgIpc) is 3.25. The van der Waals surface area contributed by atoms with Gasteiger partial charge < -0.3 is 14.6 Å². The van der Waals surface area contributed by atoms with Crippen molar-refractivity contribution >= 4 is 28.6 Å². The van der Waals surface area contributed by atoms with Gasteiger partial charge in [0.1, 0.15) is 41.4 Å². The van der Waals surface area contributed by atoms with E-state index in [1.54, 1.807) is 19.1 Å². The number of phenolic OH excluding ortho intramolecular Hbond substituents is 1. The Morgan fingerprint density at radius 2 is 1.92 bits per heavy atom. The van der Waals surface area contributed by atoms with E-state index in [1.165, 1.54) is 6.07 Å². The topological polar surface area (TPSA) is 69.5 Å². The Labute approximate surface area is 153 Å². The molecule has 4 aromatic rings. The van der Waals surface area contributed by atoms with Gasteiger partial charge in [-0.15, -0.1) is 14.1 Å². The molecule has 0 unspecified atom stereocenters. The smallest absolute Gasteiger partial charge is 0.333 e. The van der Waals surface area contributed by atoms with Crippen LogP contribution in [0.5, 0.6) is 11.5 Å². The predicted molar refractivity (Wildman–Crippen MR) is 96.8 cm³/mol. The fourth-order valence-electron chi connectivity index (χ4n) is 2.70. The number of halogens is 1. The maximum atomic E-state index is 11.3. The van der Waals surface area contributed by atoms with E-state index < -0.39 is 5.97 Å². The van der Waals surface area contributed by atoms with Gasteiger partial charge in [0.05, 0.1) is 0 Å². The highest BCUT2D eigenvalue weighted by Crippen LogP contribution is 2.33. The Hall–Kier alpha value is -3.06. The van der Waals surface area contributed by atoms with Crippen LogP contribution in [0, 0.1) is 0 Å². The molecule has 2 aromatic carbocycles. The fourth-order valence-corrected chi connectivity index (χ4v) is 2.87. The van der Waals surface area contributed by atoms with Crippen LogP contribution in [0.1, 0.15) is 6.92 Å². The highest BCUT2D eigenvalue weighted by Gasteiger charge is 2.25. The van der Waals surface area contributed by atoms with Crippen molar-refractivity contribution in [2.75, 3.05) is 13.2 Å². The number of carbonyl (C=O) groups excluding carboxylic acids is 1. The number of benzene rings is 2. The van der Waals surface area contributed by atoms with Crippen LogP contribution >= 0.6 is 11.6 Å². The third-order valence-electron chi connectivity index (χ3n) is 3.97. The molecule has 26 heavy (non-hydrogen) atoms. The summed E-state index contributed by atoms with van der Waals surface area (Å²) in [5.41, 5.74) is 2.97. The van der Waals surface area contributed by atoms with E-state index in [2.05, 4.69) is 6.58 Å². The molecule has 2 heterocycles. The maximum Gasteiger partial charge on any atom is 0.333 e. The molecule has 8 heteroatoms. The second-order valence-electron chi connectivity index (χ2n) is 5.92. The molecular weight excluding hydrogens is 358 g/mol. The lowest BCUT2D eigenvalue weighted by molar-refractivity contribution is -0.139. The minimum atomic E-state index is -0.452. The number of carbonyl (C=O) groups is 1. The number of nitrogens with zero attached hydrogens (tertiary/aromatic N) is 3. The third-order valence-corrected chi connectivity index (χ3v) is 4.21. The first-order chi connectivity index (χ1) is 12.5. The second kappa shape index (κ2) is 6.03. The molecule has 4 rings (SSSR count). The van der Waals surface area contributed by atoms with Gasteiger partial charge >= 0.3 is 5.97 Å². The van der Waals surface area contributed by atoms with Crippen LogP contribution in [0.25, 0.3) is 16.7 Å². The van der Waals surface area contributed by atoms with E-state index in [9.17, 15) is 9.90 Å². The lowest BCUT2D eigenvalue weighted by atomic mass is 10.3. The third kappa shape index (κ3) is 2.66. The Morgan fingerprint density at radius 3 is 2.65 bits per heavy atom. The monoisotopic (exact) mass is 373 g/mol. The summed E-state index contributed by atoms with van der Waals surface area (Å²) in [5, 5.41) is 11.0. The Balaban J connectivity index is 1.45. The molecule has 0 saturated carbocycles. The van der Waals surface area contributed by atoms with Crippen LogP contribution in [-0.4, -0.2) is 38.3 Å². The summed E-state index contributed by atoms with van der Waals surface area (Å²) >= 11 is 6.01. The molecule has 0 bridgehead atoms. The summed E-state index contributed by atoms with van der Waals surface area (Å²) in [4.78, 5) is 13.1. The molecule has 0 radical (unpaired) electrons. The fraction of sp³-hybridized carbons (Fsp3) is 0.167. The number of hydrogen-bond donors (Lipinski definition) is 1. The Kier molecular flexibility index (Phi) is 3.81. The number of phenols is 1. The minimum Gasteiger partial charge on any atom is -0.505 e. The van der Waals surface area contributed by atoms with E-state index in [4.69, 9.17) is 21.1 Å². The van der Waals surface area contributed by atoms with Gasteiger partial charge in [-0.3, -0.25) is 0 Å². The normalized spacial score (nSPS) is 11.5. The summed E-state index contributed by atoms with van der Waals surface area (Å²) in [6.07, 6.45) is 0. The van der Waals surface area contributed by atoms with Crippen molar-refractivity contribution < 1.29 is 19.4 Å². The molecule has 1 N–H and O–H groups in total.